The standard InChI is InChI=1S/C20H18ClN9O2/c21-13-4-2-1-3-11(13)17-12(19-24-7-8-25-19)9-26-20(29-17)27-10-14(22)15-5-6-16(30(31)32)18(23)28-15/h1-9,14H,10,22H2,(H2,23,28)(H,24,25)(H,26,27,29). The maximum absolute atomic E-state index is 10.9. The van der Waals surface area contributed by atoms with Gasteiger partial charge in [-0.05, 0) is 12.1 Å². The SMILES string of the molecule is Nc1nc(C(N)CNc2ncc(-c3ncc[nH]3)c(-c3ccccc3Cl)n2)ccc1[N+](=O)[O-]. The van der Waals surface area contributed by atoms with E-state index in [2.05, 4.69) is 30.2 Å². The molecule has 0 saturated heterocycles. The van der Waals surface area contributed by atoms with E-state index in [1.54, 1.807) is 24.7 Å². The Hall–Kier alpha value is -4.09. The number of nitro groups is 1. The van der Waals surface area contributed by atoms with E-state index in [9.17, 15) is 10.1 Å². The van der Waals surface area contributed by atoms with Crippen LogP contribution in [-0.4, -0.2) is 36.4 Å². The van der Waals surface area contributed by atoms with Crippen LogP contribution in [0.2, 0.25) is 5.02 Å². The molecular formula is C20H18ClN9O2. The second-order valence-electron chi connectivity index (χ2n) is 6.76. The second-order valence-corrected chi connectivity index (χ2v) is 7.17. The molecule has 4 rings (SSSR count). The first kappa shape index (κ1) is 21.2. The first-order valence-electron chi connectivity index (χ1n) is 9.46. The maximum atomic E-state index is 10.9. The minimum Gasteiger partial charge on any atom is -0.378 e. The summed E-state index contributed by atoms with van der Waals surface area (Å²) in [6, 6.07) is 9.48. The van der Waals surface area contributed by atoms with Gasteiger partial charge in [0, 0.05) is 41.8 Å². The van der Waals surface area contributed by atoms with Crippen molar-refractivity contribution in [2.45, 2.75) is 6.04 Å². The molecular weight excluding hydrogens is 434 g/mol. The van der Waals surface area contributed by atoms with Crippen molar-refractivity contribution in [1.29, 1.82) is 0 Å². The van der Waals surface area contributed by atoms with Crippen molar-refractivity contribution < 1.29 is 4.92 Å². The second kappa shape index (κ2) is 8.96. The molecule has 0 radical (unpaired) electrons. The molecule has 0 spiro atoms. The number of aromatic amines is 1. The molecule has 4 aromatic rings. The number of nitrogens with zero attached hydrogens (tertiary/aromatic N) is 5. The molecule has 0 amide bonds. The number of nitrogen functional groups attached to an aromatic ring is 1. The minimum absolute atomic E-state index is 0.192. The van der Waals surface area contributed by atoms with E-state index in [0.29, 0.717) is 33.7 Å². The molecule has 3 aromatic heterocycles. The number of imidazole rings is 1. The lowest BCUT2D eigenvalue weighted by atomic mass is 10.1. The molecule has 1 aromatic carbocycles. The van der Waals surface area contributed by atoms with Crippen LogP contribution in [0, 0.1) is 10.1 Å². The van der Waals surface area contributed by atoms with E-state index in [-0.39, 0.29) is 18.1 Å². The van der Waals surface area contributed by atoms with Crippen LogP contribution in [0.5, 0.6) is 0 Å². The molecule has 1 atom stereocenters. The van der Waals surface area contributed by atoms with E-state index >= 15 is 0 Å². The smallest absolute Gasteiger partial charge is 0.311 e. The van der Waals surface area contributed by atoms with Gasteiger partial charge in [-0.1, -0.05) is 29.8 Å². The third kappa shape index (κ3) is 4.33. The van der Waals surface area contributed by atoms with Crippen molar-refractivity contribution in [2.24, 2.45) is 5.73 Å². The Kier molecular flexibility index (Phi) is 5.92. The van der Waals surface area contributed by atoms with Crippen LogP contribution in [0.4, 0.5) is 17.5 Å². The van der Waals surface area contributed by atoms with Crippen molar-refractivity contribution in [3.05, 3.63) is 75.8 Å². The van der Waals surface area contributed by atoms with Crippen molar-refractivity contribution in [1.82, 2.24) is 24.9 Å². The van der Waals surface area contributed by atoms with Crippen LogP contribution < -0.4 is 16.8 Å². The molecule has 12 heteroatoms. The molecule has 11 nitrogen and oxygen atoms in total. The van der Waals surface area contributed by atoms with Crippen molar-refractivity contribution in [3.8, 4) is 22.6 Å². The minimum atomic E-state index is -0.602. The van der Waals surface area contributed by atoms with Crippen molar-refractivity contribution in [2.75, 3.05) is 17.6 Å². The Labute approximate surface area is 187 Å². The van der Waals surface area contributed by atoms with Crippen LogP contribution in [-0.2, 0) is 0 Å². The van der Waals surface area contributed by atoms with E-state index < -0.39 is 11.0 Å². The van der Waals surface area contributed by atoms with Gasteiger partial charge in [0.05, 0.1) is 27.9 Å². The largest absolute Gasteiger partial charge is 0.378 e. The Morgan fingerprint density at radius 3 is 2.66 bits per heavy atom. The summed E-state index contributed by atoms with van der Waals surface area (Å²) in [6.45, 7) is 0.215. The summed E-state index contributed by atoms with van der Waals surface area (Å²) in [7, 11) is 0. The van der Waals surface area contributed by atoms with Crippen LogP contribution in [0.25, 0.3) is 22.6 Å². The highest BCUT2D eigenvalue weighted by Gasteiger charge is 2.18. The first-order valence-corrected chi connectivity index (χ1v) is 9.83. The molecule has 0 saturated carbocycles. The van der Waals surface area contributed by atoms with Gasteiger partial charge in [0.15, 0.2) is 0 Å². The molecule has 162 valence electrons. The maximum Gasteiger partial charge on any atom is 0.311 e. The topological polar surface area (TPSA) is 175 Å². The Balaban J connectivity index is 1.60. The van der Waals surface area contributed by atoms with E-state index in [4.69, 9.17) is 23.1 Å². The van der Waals surface area contributed by atoms with Gasteiger partial charge in [0.2, 0.25) is 11.8 Å². The van der Waals surface area contributed by atoms with Gasteiger partial charge in [0.25, 0.3) is 0 Å². The summed E-state index contributed by atoms with van der Waals surface area (Å²) in [6.07, 6.45) is 4.99. The number of nitrogens with two attached hydrogens (primary N) is 2. The van der Waals surface area contributed by atoms with E-state index in [0.717, 1.165) is 5.56 Å². The number of nitrogens with one attached hydrogen (secondary N) is 2. The summed E-state index contributed by atoms with van der Waals surface area (Å²) in [5.41, 5.74) is 14.0. The first-order chi connectivity index (χ1) is 15.4. The van der Waals surface area contributed by atoms with E-state index in [1.807, 2.05) is 18.2 Å². The zero-order valence-corrected chi connectivity index (χ0v) is 17.3. The van der Waals surface area contributed by atoms with Crippen LogP contribution in [0.15, 0.2) is 55.0 Å². The fourth-order valence-electron chi connectivity index (χ4n) is 3.06. The molecule has 1 unspecified atom stereocenters. The lowest BCUT2D eigenvalue weighted by Gasteiger charge is -2.14. The summed E-state index contributed by atoms with van der Waals surface area (Å²) in [5, 5.41) is 14.5. The van der Waals surface area contributed by atoms with Crippen molar-refractivity contribution in [3.63, 3.8) is 0 Å². The quantitative estimate of drug-likeness (QED) is 0.243. The zero-order valence-electron chi connectivity index (χ0n) is 16.6. The number of hydrogen-bond donors (Lipinski definition) is 4. The normalized spacial score (nSPS) is 11.8. The number of aromatic nitrogens is 5. The molecule has 0 aliphatic rings. The number of pyridine rings is 1. The number of benzene rings is 1. The van der Waals surface area contributed by atoms with Crippen molar-refractivity contribution >= 4 is 29.1 Å². The fraction of sp³-hybridized carbons (Fsp3) is 0.100. The monoisotopic (exact) mass is 451 g/mol. The van der Waals surface area contributed by atoms with Crippen LogP contribution in [0.1, 0.15) is 11.7 Å². The summed E-state index contributed by atoms with van der Waals surface area (Å²) < 4.78 is 0. The molecule has 0 aliphatic heterocycles. The third-order valence-electron chi connectivity index (χ3n) is 4.65. The van der Waals surface area contributed by atoms with Gasteiger partial charge < -0.3 is 21.8 Å². The molecule has 6 N–H and O–H groups in total. The number of hydrogen-bond acceptors (Lipinski definition) is 9. The highest BCUT2D eigenvalue weighted by Crippen LogP contribution is 2.33. The lowest BCUT2D eigenvalue weighted by Crippen LogP contribution is -2.23. The number of halogens is 1. The molecule has 0 fully saturated rings. The zero-order chi connectivity index (χ0) is 22.7. The van der Waals surface area contributed by atoms with Gasteiger partial charge in [-0.25, -0.2) is 19.9 Å². The third-order valence-corrected chi connectivity index (χ3v) is 4.98. The number of H-pyrrole nitrogens is 1. The number of anilines is 2. The van der Waals surface area contributed by atoms with Gasteiger partial charge in [-0.3, -0.25) is 10.1 Å². The molecule has 3 heterocycles. The molecule has 32 heavy (non-hydrogen) atoms. The average Bonchev–Trinajstić information content (AvgIpc) is 3.32. The Morgan fingerprint density at radius 2 is 1.97 bits per heavy atom. The Morgan fingerprint density at radius 1 is 1.16 bits per heavy atom. The van der Waals surface area contributed by atoms with E-state index in [1.165, 1.54) is 12.1 Å². The van der Waals surface area contributed by atoms with Gasteiger partial charge in [0.1, 0.15) is 5.82 Å². The molecule has 0 aliphatic carbocycles. The predicted octanol–water partition coefficient (Wildman–Crippen LogP) is 3.18. The summed E-state index contributed by atoms with van der Waals surface area (Å²) in [5.74, 6) is 0.734. The summed E-state index contributed by atoms with van der Waals surface area (Å²) >= 11 is 6.40. The highest BCUT2D eigenvalue weighted by atomic mass is 35.5. The fourth-order valence-corrected chi connectivity index (χ4v) is 3.29. The van der Waals surface area contributed by atoms with Gasteiger partial charge in [-0.15, -0.1) is 0 Å². The number of rotatable bonds is 7. The van der Waals surface area contributed by atoms with Gasteiger partial charge in [-0.2, -0.15) is 0 Å². The highest BCUT2D eigenvalue weighted by molar-refractivity contribution is 6.33. The van der Waals surface area contributed by atoms with Crippen LogP contribution >= 0.6 is 11.6 Å². The lowest BCUT2D eigenvalue weighted by molar-refractivity contribution is -0.384. The predicted molar refractivity (Wildman–Crippen MR) is 121 cm³/mol. The molecule has 0 bridgehead atoms. The Bertz CT molecular complexity index is 1260. The summed E-state index contributed by atoms with van der Waals surface area (Å²) in [4.78, 5) is 30.7. The van der Waals surface area contributed by atoms with Gasteiger partial charge >= 0.3 is 5.69 Å². The van der Waals surface area contributed by atoms with Crippen LogP contribution in [0.3, 0.4) is 0 Å². The average molecular weight is 452 g/mol.